The number of carbonyl (C=O) groups excluding carboxylic acids is 1. The molecule has 0 aliphatic rings. The number of nitrogens with zero attached hydrogens (tertiary/aromatic N) is 2. The number of halogens is 1. The molecule has 19 heavy (non-hydrogen) atoms. The van der Waals surface area contributed by atoms with Gasteiger partial charge in [-0.15, -0.1) is 0 Å². The zero-order chi connectivity index (χ0) is 14.0. The van der Waals surface area contributed by atoms with Crippen molar-refractivity contribution in [3.05, 3.63) is 49.6 Å². The largest absolute Gasteiger partial charge is 0.324 e. The monoisotopic (exact) mass is 341 g/mol. The maximum absolute atomic E-state index is 11.9. The van der Waals surface area contributed by atoms with Crippen LogP contribution in [-0.2, 0) is 0 Å². The molecular formula is C11H8BrN3O3S. The number of carbonyl (C=O) groups is 1. The number of rotatable bonds is 3. The first kappa shape index (κ1) is 13.6. The minimum absolute atomic E-state index is 0.0599. The molecule has 0 bridgehead atoms. The number of anilines is 1. The van der Waals surface area contributed by atoms with Gasteiger partial charge in [-0.3, -0.25) is 14.9 Å². The van der Waals surface area contributed by atoms with Gasteiger partial charge in [-0.05, 0) is 40.5 Å². The van der Waals surface area contributed by atoms with Gasteiger partial charge in [0.05, 0.1) is 21.7 Å². The van der Waals surface area contributed by atoms with Crippen LogP contribution in [0.25, 0.3) is 0 Å². The van der Waals surface area contributed by atoms with Crippen LogP contribution in [0.2, 0.25) is 0 Å². The number of hydrogen-bond acceptors (Lipinski definition) is 5. The van der Waals surface area contributed by atoms with Crippen LogP contribution in [-0.4, -0.2) is 15.8 Å². The number of aryl methyl sites for hydroxylation is 1. The van der Waals surface area contributed by atoms with Crippen LogP contribution in [0.1, 0.15) is 15.2 Å². The van der Waals surface area contributed by atoms with E-state index in [0.717, 1.165) is 16.9 Å². The molecule has 0 aromatic carbocycles. The van der Waals surface area contributed by atoms with Gasteiger partial charge in [0, 0.05) is 6.07 Å². The van der Waals surface area contributed by atoms with Crippen molar-refractivity contribution in [2.75, 3.05) is 5.32 Å². The van der Waals surface area contributed by atoms with E-state index in [2.05, 4.69) is 26.2 Å². The molecule has 0 unspecified atom stereocenters. The molecule has 98 valence electrons. The number of amides is 1. The van der Waals surface area contributed by atoms with E-state index >= 15 is 0 Å². The fourth-order valence-electron chi connectivity index (χ4n) is 1.37. The van der Waals surface area contributed by atoms with Crippen LogP contribution in [0.3, 0.4) is 0 Å². The smallest absolute Gasteiger partial charge is 0.320 e. The second-order valence-electron chi connectivity index (χ2n) is 3.68. The van der Waals surface area contributed by atoms with Gasteiger partial charge in [-0.1, -0.05) is 11.3 Å². The summed E-state index contributed by atoms with van der Waals surface area (Å²) < 4.78 is 0.706. The Morgan fingerprint density at radius 2 is 2.26 bits per heavy atom. The van der Waals surface area contributed by atoms with E-state index in [1.807, 2.05) is 6.92 Å². The van der Waals surface area contributed by atoms with E-state index in [1.165, 1.54) is 18.3 Å². The summed E-state index contributed by atoms with van der Waals surface area (Å²) in [6, 6.07) is 4.50. The van der Waals surface area contributed by atoms with E-state index in [-0.39, 0.29) is 15.8 Å². The molecule has 0 fully saturated rings. The highest BCUT2D eigenvalue weighted by Crippen LogP contribution is 2.25. The lowest BCUT2D eigenvalue weighted by Crippen LogP contribution is -2.10. The molecular weight excluding hydrogens is 334 g/mol. The zero-order valence-corrected chi connectivity index (χ0v) is 12.1. The van der Waals surface area contributed by atoms with E-state index < -0.39 is 4.92 Å². The van der Waals surface area contributed by atoms with E-state index in [9.17, 15) is 14.9 Å². The minimum atomic E-state index is -0.521. The van der Waals surface area contributed by atoms with Gasteiger partial charge in [-0.2, -0.15) is 0 Å². The Morgan fingerprint density at radius 1 is 1.53 bits per heavy atom. The van der Waals surface area contributed by atoms with E-state index in [1.54, 1.807) is 6.07 Å². The van der Waals surface area contributed by atoms with Gasteiger partial charge < -0.3 is 5.32 Å². The maximum Gasteiger partial charge on any atom is 0.324 e. The van der Waals surface area contributed by atoms with Gasteiger partial charge in [0.25, 0.3) is 5.91 Å². The summed E-state index contributed by atoms with van der Waals surface area (Å²) in [6.45, 7) is 1.85. The van der Waals surface area contributed by atoms with E-state index in [0.29, 0.717) is 10.3 Å². The van der Waals surface area contributed by atoms with Crippen molar-refractivity contribution >= 4 is 43.9 Å². The predicted molar refractivity (Wildman–Crippen MR) is 75.6 cm³/mol. The highest BCUT2D eigenvalue weighted by Gasteiger charge is 2.15. The van der Waals surface area contributed by atoms with Crippen LogP contribution in [0.5, 0.6) is 0 Å². The number of pyridine rings is 1. The third kappa shape index (κ3) is 3.15. The first-order valence-corrected chi connectivity index (χ1v) is 6.76. The summed E-state index contributed by atoms with van der Waals surface area (Å²) >= 11 is 4.10. The molecule has 2 heterocycles. The van der Waals surface area contributed by atoms with Crippen LogP contribution >= 0.6 is 27.3 Å². The molecule has 1 amide bonds. The summed E-state index contributed by atoms with van der Waals surface area (Å²) in [7, 11) is 0. The molecule has 0 aliphatic carbocycles. The molecule has 2 aromatic rings. The van der Waals surface area contributed by atoms with Crippen LogP contribution in [0, 0.1) is 17.0 Å². The molecule has 0 radical (unpaired) electrons. The second kappa shape index (κ2) is 5.45. The lowest BCUT2D eigenvalue weighted by Gasteiger charge is -2.04. The van der Waals surface area contributed by atoms with Crippen LogP contribution in [0.15, 0.2) is 29.0 Å². The average Bonchev–Trinajstić information content (AvgIpc) is 2.83. The zero-order valence-electron chi connectivity index (χ0n) is 9.71. The lowest BCUT2D eigenvalue weighted by atomic mass is 10.3. The molecule has 2 rings (SSSR count). The van der Waals surface area contributed by atoms with Crippen LogP contribution < -0.4 is 5.32 Å². The summed E-state index contributed by atoms with van der Waals surface area (Å²) in [5, 5.41) is 13.1. The fourth-order valence-corrected chi connectivity index (χ4v) is 2.30. The second-order valence-corrected chi connectivity index (χ2v) is 5.49. The standard InChI is InChI=1S/C11H8BrN3O3S/c1-6-4-7(5-13-10(6)12)14-11(16)8-2-3-9(19-8)15(17)18/h2-5H,1H3,(H,14,16). The summed E-state index contributed by atoms with van der Waals surface area (Å²) in [5.41, 5.74) is 1.43. The molecule has 8 heteroatoms. The maximum atomic E-state index is 11.9. The van der Waals surface area contributed by atoms with Crippen molar-refractivity contribution in [3.8, 4) is 0 Å². The highest BCUT2D eigenvalue weighted by atomic mass is 79.9. The Morgan fingerprint density at radius 3 is 2.84 bits per heavy atom. The molecule has 0 aliphatic heterocycles. The number of nitrogens with one attached hydrogen (secondary N) is 1. The van der Waals surface area contributed by atoms with Crippen molar-refractivity contribution < 1.29 is 9.72 Å². The quantitative estimate of drug-likeness (QED) is 0.526. The Balaban J connectivity index is 2.15. The lowest BCUT2D eigenvalue weighted by molar-refractivity contribution is -0.380. The fraction of sp³-hybridized carbons (Fsp3) is 0.0909. The first-order chi connectivity index (χ1) is 8.97. The SMILES string of the molecule is Cc1cc(NC(=O)c2ccc([N+](=O)[O-])s2)cnc1Br. The number of aromatic nitrogens is 1. The van der Waals surface area contributed by atoms with Crippen molar-refractivity contribution in [1.82, 2.24) is 4.98 Å². The highest BCUT2D eigenvalue weighted by molar-refractivity contribution is 9.10. The van der Waals surface area contributed by atoms with Crippen molar-refractivity contribution in [2.24, 2.45) is 0 Å². The molecule has 0 atom stereocenters. The predicted octanol–water partition coefficient (Wildman–Crippen LogP) is 3.37. The number of thiophene rings is 1. The van der Waals surface area contributed by atoms with Gasteiger partial charge in [-0.25, -0.2) is 4.98 Å². The molecule has 0 saturated carbocycles. The molecule has 2 aromatic heterocycles. The normalized spacial score (nSPS) is 10.2. The summed E-state index contributed by atoms with van der Waals surface area (Å²) in [6.07, 6.45) is 1.51. The number of nitro groups is 1. The Hall–Kier alpha value is -1.80. The molecule has 0 spiro atoms. The van der Waals surface area contributed by atoms with Gasteiger partial charge >= 0.3 is 5.00 Å². The number of hydrogen-bond donors (Lipinski definition) is 1. The van der Waals surface area contributed by atoms with E-state index in [4.69, 9.17) is 0 Å². The van der Waals surface area contributed by atoms with Gasteiger partial charge in [0.2, 0.25) is 0 Å². The molecule has 6 nitrogen and oxygen atoms in total. The van der Waals surface area contributed by atoms with Gasteiger partial charge in [0.15, 0.2) is 0 Å². The summed E-state index contributed by atoms with van der Waals surface area (Å²) in [4.78, 5) is 26.2. The Bertz CT molecular complexity index is 656. The van der Waals surface area contributed by atoms with Gasteiger partial charge in [0.1, 0.15) is 4.60 Å². The van der Waals surface area contributed by atoms with Crippen molar-refractivity contribution in [2.45, 2.75) is 6.92 Å². The third-order valence-corrected chi connectivity index (χ3v) is 4.13. The summed E-state index contributed by atoms with van der Waals surface area (Å²) in [5.74, 6) is -0.387. The Kier molecular flexibility index (Phi) is 3.91. The first-order valence-electron chi connectivity index (χ1n) is 5.15. The Labute approximate surface area is 120 Å². The van der Waals surface area contributed by atoms with Crippen molar-refractivity contribution in [3.63, 3.8) is 0 Å². The van der Waals surface area contributed by atoms with Crippen LogP contribution in [0.4, 0.5) is 10.7 Å². The topological polar surface area (TPSA) is 85.1 Å². The average molecular weight is 342 g/mol. The molecule has 0 saturated heterocycles. The minimum Gasteiger partial charge on any atom is -0.320 e. The third-order valence-electron chi connectivity index (χ3n) is 2.27. The molecule has 1 N–H and O–H groups in total. The van der Waals surface area contributed by atoms with Crippen molar-refractivity contribution in [1.29, 1.82) is 0 Å².